The van der Waals surface area contributed by atoms with Crippen LogP contribution < -0.4 is 15.8 Å². The number of amides is 2. The second kappa shape index (κ2) is 6.48. The van der Waals surface area contributed by atoms with Crippen LogP contribution >= 0.6 is 0 Å². The highest BCUT2D eigenvalue weighted by atomic mass is 16.2. The summed E-state index contributed by atoms with van der Waals surface area (Å²) in [7, 11) is 0. The van der Waals surface area contributed by atoms with Crippen LogP contribution in [0.3, 0.4) is 0 Å². The normalized spacial score (nSPS) is 13.3. The maximum atomic E-state index is 12.4. The molecule has 0 fully saturated rings. The Balaban J connectivity index is 1.68. The van der Waals surface area contributed by atoms with Gasteiger partial charge >= 0.3 is 0 Å². The lowest BCUT2D eigenvalue weighted by atomic mass is 10.0. The molecule has 2 amide bonds. The molecule has 1 aliphatic rings. The fourth-order valence-electron chi connectivity index (χ4n) is 2.74. The molecular formula is C17H17N3O3. The third-order valence-corrected chi connectivity index (χ3v) is 3.87. The van der Waals surface area contributed by atoms with E-state index in [2.05, 4.69) is 10.3 Å². The first-order chi connectivity index (χ1) is 11.2. The van der Waals surface area contributed by atoms with Gasteiger partial charge < -0.3 is 15.2 Å². The second-order valence-electron chi connectivity index (χ2n) is 5.37. The Bertz CT molecular complexity index is 797. The van der Waals surface area contributed by atoms with Gasteiger partial charge in [-0.25, -0.2) is 0 Å². The number of pyridine rings is 1. The van der Waals surface area contributed by atoms with E-state index in [9.17, 15) is 14.4 Å². The number of nitrogens with zero attached hydrogens (tertiary/aromatic N) is 1. The first-order valence-electron chi connectivity index (χ1n) is 7.51. The Hall–Kier alpha value is -2.89. The maximum Gasteiger partial charge on any atom is 0.260 e. The molecule has 0 aliphatic carbocycles. The van der Waals surface area contributed by atoms with Gasteiger partial charge in [0.2, 0.25) is 5.91 Å². The standard InChI is InChI=1S/C17H17N3O3/c21-15(11-19-17(23)13-7-3-9-18-16(13)22)20-10-4-6-12-5-1-2-8-14(12)20/h1-3,5,7-9H,4,6,10-11H2,(H,18,22)(H,19,23). The minimum absolute atomic E-state index is 0.000607. The lowest BCUT2D eigenvalue weighted by Crippen LogP contribution is -2.43. The number of fused-ring (bicyclic) bond motifs is 1. The third-order valence-electron chi connectivity index (χ3n) is 3.87. The number of H-pyrrole nitrogens is 1. The van der Waals surface area contributed by atoms with Gasteiger partial charge in [-0.15, -0.1) is 0 Å². The van der Waals surface area contributed by atoms with Crippen molar-refractivity contribution in [1.82, 2.24) is 10.3 Å². The van der Waals surface area contributed by atoms with Crippen molar-refractivity contribution in [3.8, 4) is 0 Å². The Labute approximate surface area is 133 Å². The maximum absolute atomic E-state index is 12.4. The SMILES string of the molecule is O=C(NCC(=O)N1CCCc2ccccc21)c1ccc[nH]c1=O. The van der Waals surface area contributed by atoms with Crippen molar-refractivity contribution >= 4 is 17.5 Å². The number of anilines is 1. The number of benzene rings is 1. The van der Waals surface area contributed by atoms with Gasteiger partial charge in [0, 0.05) is 18.4 Å². The number of hydrogen-bond acceptors (Lipinski definition) is 3. The highest BCUT2D eigenvalue weighted by Gasteiger charge is 2.22. The first kappa shape index (κ1) is 15.0. The van der Waals surface area contributed by atoms with Gasteiger partial charge in [0.05, 0.1) is 6.54 Å². The molecule has 3 rings (SSSR count). The average Bonchev–Trinajstić information content (AvgIpc) is 2.59. The van der Waals surface area contributed by atoms with Crippen molar-refractivity contribution in [1.29, 1.82) is 0 Å². The zero-order valence-corrected chi connectivity index (χ0v) is 12.5. The van der Waals surface area contributed by atoms with Gasteiger partial charge in [-0.1, -0.05) is 18.2 Å². The van der Waals surface area contributed by atoms with E-state index in [0.717, 1.165) is 24.1 Å². The molecule has 0 atom stereocenters. The second-order valence-corrected chi connectivity index (χ2v) is 5.37. The molecule has 6 heteroatoms. The number of para-hydroxylation sites is 1. The van der Waals surface area contributed by atoms with Crippen molar-refractivity contribution in [2.45, 2.75) is 12.8 Å². The predicted molar refractivity (Wildman–Crippen MR) is 86.5 cm³/mol. The van der Waals surface area contributed by atoms with E-state index in [4.69, 9.17) is 0 Å². The number of nitrogens with one attached hydrogen (secondary N) is 2. The van der Waals surface area contributed by atoms with Crippen LogP contribution in [0.4, 0.5) is 5.69 Å². The van der Waals surface area contributed by atoms with E-state index >= 15 is 0 Å². The summed E-state index contributed by atoms with van der Waals surface area (Å²) in [6.07, 6.45) is 3.30. The predicted octanol–water partition coefficient (Wildman–Crippen LogP) is 1.08. The highest BCUT2D eigenvalue weighted by molar-refractivity contribution is 6.00. The van der Waals surface area contributed by atoms with Crippen LogP contribution in [0.1, 0.15) is 22.3 Å². The molecule has 0 saturated heterocycles. The van der Waals surface area contributed by atoms with Gasteiger partial charge in [0.15, 0.2) is 0 Å². The quantitative estimate of drug-likeness (QED) is 0.890. The van der Waals surface area contributed by atoms with Crippen LogP contribution in [0.2, 0.25) is 0 Å². The summed E-state index contributed by atoms with van der Waals surface area (Å²) in [6, 6.07) is 10.8. The summed E-state index contributed by atoms with van der Waals surface area (Å²) in [6.45, 7) is 0.499. The number of carbonyl (C=O) groups is 2. The monoisotopic (exact) mass is 311 g/mol. The summed E-state index contributed by atoms with van der Waals surface area (Å²) in [5.41, 5.74) is 1.56. The molecule has 0 bridgehead atoms. The average molecular weight is 311 g/mol. The number of aromatic nitrogens is 1. The molecule has 0 radical (unpaired) electrons. The Morgan fingerprint density at radius 1 is 1.17 bits per heavy atom. The Morgan fingerprint density at radius 2 is 2.00 bits per heavy atom. The molecule has 2 N–H and O–H groups in total. The minimum Gasteiger partial charge on any atom is -0.343 e. The molecule has 0 unspecified atom stereocenters. The van der Waals surface area contributed by atoms with Crippen molar-refractivity contribution in [3.63, 3.8) is 0 Å². The summed E-state index contributed by atoms with van der Waals surface area (Å²) in [5, 5.41) is 2.52. The molecule has 2 aromatic rings. The molecule has 1 aromatic carbocycles. The van der Waals surface area contributed by atoms with Crippen LogP contribution in [0.15, 0.2) is 47.4 Å². The molecule has 0 spiro atoms. The topological polar surface area (TPSA) is 82.3 Å². The number of aryl methyl sites for hydroxylation is 1. The van der Waals surface area contributed by atoms with Crippen molar-refractivity contribution in [2.24, 2.45) is 0 Å². The number of hydrogen-bond donors (Lipinski definition) is 2. The third kappa shape index (κ3) is 3.15. The van der Waals surface area contributed by atoms with Crippen LogP contribution in [0.5, 0.6) is 0 Å². The molecule has 118 valence electrons. The van der Waals surface area contributed by atoms with E-state index < -0.39 is 11.5 Å². The van der Waals surface area contributed by atoms with Crippen molar-refractivity contribution in [2.75, 3.05) is 18.0 Å². The van der Waals surface area contributed by atoms with E-state index in [1.54, 1.807) is 11.0 Å². The van der Waals surface area contributed by atoms with Gasteiger partial charge in [-0.3, -0.25) is 14.4 Å². The molecular weight excluding hydrogens is 294 g/mol. The molecule has 1 aliphatic heterocycles. The molecule has 1 aromatic heterocycles. The Kier molecular flexibility index (Phi) is 4.23. The van der Waals surface area contributed by atoms with Crippen molar-refractivity contribution in [3.05, 3.63) is 64.1 Å². The van der Waals surface area contributed by atoms with Crippen LogP contribution in [-0.4, -0.2) is 29.9 Å². The molecule has 23 heavy (non-hydrogen) atoms. The number of aromatic amines is 1. The van der Waals surface area contributed by atoms with Crippen LogP contribution in [0, 0.1) is 0 Å². The highest BCUT2D eigenvalue weighted by Crippen LogP contribution is 2.26. The van der Waals surface area contributed by atoms with E-state index in [1.807, 2.05) is 24.3 Å². The first-order valence-corrected chi connectivity index (χ1v) is 7.51. The Morgan fingerprint density at radius 3 is 2.83 bits per heavy atom. The lowest BCUT2D eigenvalue weighted by molar-refractivity contribution is -0.117. The van der Waals surface area contributed by atoms with Crippen LogP contribution in [0.25, 0.3) is 0 Å². The summed E-state index contributed by atoms with van der Waals surface area (Å²) >= 11 is 0. The van der Waals surface area contributed by atoms with Gasteiger partial charge in [0.1, 0.15) is 5.56 Å². The van der Waals surface area contributed by atoms with Gasteiger partial charge in [-0.2, -0.15) is 0 Å². The van der Waals surface area contributed by atoms with E-state index in [1.165, 1.54) is 12.3 Å². The van der Waals surface area contributed by atoms with Crippen molar-refractivity contribution < 1.29 is 9.59 Å². The fraction of sp³-hybridized carbons (Fsp3) is 0.235. The lowest BCUT2D eigenvalue weighted by Gasteiger charge is -2.29. The fourth-order valence-corrected chi connectivity index (χ4v) is 2.74. The zero-order chi connectivity index (χ0) is 16.2. The number of carbonyl (C=O) groups excluding carboxylic acids is 2. The molecule has 0 saturated carbocycles. The van der Waals surface area contributed by atoms with E-state index in [0.29, 0.717) is 6.54 Å². The van der Waals surface area contributed by atoms with Gasteiger partial charge in [0.25, 0.3) is 11.5 Å². The minimum atomic E-state index is -0.550. The number of rotatable bonds is 3. The zero-order valence-electron chi connectivity index (χ0n) is 12.5. The van der Waals surface area contributed by atoms with Gasteiger partial charge in [-0.05, 0) is 36.6 Å². The molecule has 6 nitrogen and oxygen atoms in total. The molecule has 2 heterocycles. The van der Waals surface area contributed by atoms with E-state index in [-0.39, 0.29) is 18.0 Å². The smallest absolute Gasteiger partial charge is 0.260 e. The summed E-state index contributed by atoms with van der Waals surface area (Å²) < 4.78 is 0. The summed E-state index contributed by atoms with van der Waals surface area (Å²) in [4.78, 5) is 40.1. The van der Waals surface area contributed by atoms with Crippen LogP contribution in [-0.2, 0) is 11.2 Å². The largest absolute Gasteiger partial charge is 0.343 e. The summed E-state index contributed by atoms with van der Waals surface area (Å²) in [5.74, 6) is -0.733.